The van der Waals surface area contributed by atoms with Crippen molar-refractivity contribution in [3.63, 3.8) is 0 Å². The molecule has 2 rings (SSSR count). The Hall–Kier alpha value is -2.62. The van der Waals surface area contributed by atoms with Crippen LogP contribution in [0.2, 0.25) is 0 Å². The number of nitrogens with one attached hydrogen (secondary N) is 1. The topological polar surface area (TPSA) is 49.4 Å². The van der Waals surface area contributed by atoms with Crippen LogP contribution in [-0.2, 0) is 10.2 Å². The number of para-hydroxylation sites is 1. The number of benzene rings is 2. The Morgan fingerprint density at radius 1 is 0.964 bits per heavy atom. The summed E-state index contributed by atoms with van der Waals surface area (Å²) in [6.45, 7) is 9.56. The molecule has 0 fully saturated rings. The van der Waals surface area contributed by atoms with E-state index in [0.29, 0.717) is 18.7 Å². The summed E-state index contributed by atoms with van der Waals surface area (Å²) in [4.78, 5) is 26.9. The highest BCUT2D eigenvalue weighted by Gasteiger charge is 2.16. The van der Waals surface area contributed by atoms with Crippen LogP contribution in [0, 0.1) is 0 Å². The standard InChI is InChI=1S/C24H32N2O2/c1-5-6-18-26(21-10-8-7-9-11-21)22(27)16-17-25-23(28)19-12-14-20(15-13-19)24(2,3)4/h7-15H,5-6,16-18H2,1-4H3,(H,25,28). The zero-order valence-corrected chi connectivity index (χ0v) is 17.5. The van der Waals surface area contributed by atoms with Gasteiger partial charge in [-0.3, -0.25) is 9.59 Å². The predicted octanol–water partition coefficient (Wildman–Crippen LogP) is 4.94. The average molecular weight is 381 g/mol. The second kappa shape index (κ2) is 10.1. The summed E-state index contributed by atoms with van der Waals surface area (Å²) in [5.41, 5.74) is 2.77. The van der Waals surface area contributed by atoms with Crippen molar-refractivity contribution in [1.29, 1.82) is 0 Å². The Balaban J connectivity index is 1.91. The van der Waals surface area contributed by atoms with Crippen molar-refractivity contribution in [2.45, 2.75) is 52.4 Å². The van der Waals surface area contributed by atoms with E-state index >= 15 is 0 Å². The monoisotopic (exact) mass is 380 g/mol. The van der Waals surface area contributed by atoms with Crippen molar-refractivity contribution in [2.75, 3.05) is 18.0 Å². The number of unbranched alkanes of at least 4 members (excludes halogenated alkanes) is 1. The van der Waals surface area contributed by atoms with Crippen molar-refractivity contribution in [3.8, 4) is 0 Å². The molecule has 28 heavy (non-hydrogen) atoms. The fourth-order valence-corrected chi connectivity index (χ4v) is 2.96. The van der Waals surface area contributed by atoms with Crippen LogP contribution in [0.3, 0.4) is 0 Å². The van der Waals surface area contributed by atoms with Crippen LogP contribution in [-0.4, -0.2) is 24.9 Å². The molecule has 0 atom stereocenters. The number of hydrogen-bond donors (Lipinski definition) is 1. The van der Waals surface area contributed by atoms with Gasteiger partial charge in [0.25, 0.3) is 5.91 Å². The molecule has 2 amide bonds. The molecule has 0 aliphatic rings. The zero-order valence-electron chi connectivity index (χ0n) is 17.5. The summed E-state index contributed by atoms with van der Waals surface area (Å²) in [7, 11) is 0. The van der Waals surface area contributed by atoms with Gasteiger partial charge in [-0.05, 0) is 41.7 Å². The molecule has 4 heteroatoms. The molecule has 0 radical (unpaired) electrons. The van der Waals surface area contributed by atoms with Gasteiger partial charge in [-0.1, -0.05) is 64.4 Å². The van der Waals surface area contributed by atoms with E-state index in [9.17, 15) is 9.59 Å². The maximum absolute atomic E-state index is 12.7. The normalized spacial score (nSPS) is 11.1. The first kappa shape index (κ1) is 21.7. The van der Waals surface area contributed by atoms with E-state index in [1.165, 1.54) is 5.56 Å². The Bertz CT molecular complexity index is 761. The van der Waals surface area contributed by atoms with Crippen LogP contribution in [0.1, 0.15) is 62.9 Å². The van der Waals surface area contributed by atoms with Gasteiger partial charge in [-0.2, -0.15) is 0 Å². The molecule has 2 aromatic carbocycles. The fourth-order valence-electron chi connectivity index (χ4n) is 2.96. The Morgan fingerprint density at radius 2 is 1.61 bits per heavy atom. The quantitative estimate of drug-likeness (QED) is 0.705. The number of rotatable bonds is 8. The third kappa shape index (κ3) is 6.22. The fraction of sp³-hybridized carbons (Fsp3) is 0.417. The molecule has 4 nitrogen and oxygen atoms in total. The van der Waals surface area contributed by atoms with E-state index in [1.54, 1.807) is 0 Å². The first-order valence-corrected chi connectivity index (χ1v) is 10.1. The average Bonchev–Trinajstić information content (AvgIpc) is 2.68. The molecular weight excluding hydrogens is 348 g/mol. The van der Waals surface area contributed by atoms with Gasteiger partial charge in [0.2, 0.25) is 5.91 Å². The van der Waals surface area contributed by atoms with E-state index in [-0.39, 0.29) is 23.7 Å². The van der Waals surface area contributed by atoms with E-state index in [1.807, 2.05) is 59.5 Å². The summed E-state index contributed by atoms with van der Waals surface area (Å²) in [5, 5.41) is 2.86. The summed E-state index contributed by atoms with van der Waals surface area (Å²) < 4.78 is 0. The molecule has 1 N–H and O–H groups in total. The highest BCUT2D eigenvalue weighted by atomic mass is 16.2. The molecule has 0 saturated heterocycles. The first-order valence-electron chi connectivity index (χ1n) is 10.1. The second-order valence-corrected chi connectivity index (χ2v) is 8.07. The number of nitrogens with zero attached hydrogens (tertiary/aromatic N) is 1. The van der Waals surface area contributed by atoms with Crippen LogP contribution >= 0.6 is 0 Å². The summed E-state index contributed by atoms with van der Waals surface area (Å²) in [6.07, 6.45) is 2.26. The SMILES string of the molecule is CCCCN(C(=O)CCNC(=O)c1ccc(C(C)(C)C)cc1)c1ccccc1. The summed E-state index contributed by atoms with van der Waals surface area (Å²) >= 11 is 0. The maximum atomic E-state index is 12.7. The molecule has 0 bridgehead atoms. The number of carbonyl (C=O) groups is 2. The predicted molar refractivity (Wildman–Crippen MR) is 116 cm³/mol. The van der Waals surface area contributed by atoms with E-state index in [0.717, 1.165) is 18.5 Å². The molecular formula is C24H32N2O2. The summed E-state index contributed by atoms with van der Waals surface area (Å²) in [5.74, 6) is -0.115. The van der Waals surface area contributed by atoms with Crippen molar-refractivity contribution in [1.82, 2.24) is 5.32 Å². The number of hydrogen-bond acceptors (Lipinski definition) is 2. The highest BCUT2D eigenvalue weighted by Crippen LogP contribution is 2.22. The van der Waals surface area contributed by atoms with Crippen LogP contribution < -0.4 is 10.2 Å². The van der Waals surface area contributed by atoms with Gasteiger partial charge in [0.1, 0.15) is 0 Å². The Morgan fingerprint density at radius 3 is 2.18 bits per heavy atom. The lowest BCUT2D eigenvalue weighted by molar-refractivity contribution is -0.118. The smallest absolute Gasteiger partial charge is 0.251 e. The van der Waals surface area contributed by atoms with Gasteiger partial charge >= 0.3 is 0 Å². The molecule has 0 spiro atoms. The summed E-state index contributed by atoms with van der Waals surface area (Å²) in [6, 6.07) is 17.4. The largest absolute Gasteiger partial charge is 0.352 e. The van der Waals surface area contributed by atoms with Gasteiger partial charge < -0.3 is 10.2 Å². The molecule has 2 aromatic rings. The molecule has 0 unspecified atom stereocenters. The number of anilines is 1. The number of carbonyl (C=O) groups excluding carboxylic acids is 2. The Labute approximate surface area is 169 Å². The van der Waals surface area contributed by atoms with Gasteiger partial charge in [0.05, 0.1) is 0 Å². The molecule has 0 saturated carbocycles. The minimum absolute atomic E-state index is 0.0306. The second-order valence-electron chi connectivity index (χ2n) is 8.07. The molecule has 150 valence electrons. The molecule has 0 aliphatic carbocycles. The minimum Gasteiger partial charge on any atom is -0.352 e. The van der Waals surface area contributed by atoms with E-state index in [4.69, 9.17) is 0 Å². The lowest BCUT2D eigenvalue weighted by Gasteiger charge is -2.23. The molecule has 0 aromatic heterocycles. The van der Waals surface area contributed by atoms with Gasteiger partial charge in [-0.25, -0.2) is 0 Å². The maximum Gasteiger partial charge on any atom is 0.251 e. The van der Waals surface area contributed by atoms with Crippen molar-refractivity contribution >= 4 is 17.5 Å². The minimum atomic E-state index is -0.145. The van der Waals surface area contributed by atoms with Gasteiger partial charge in [0, 0.05) is 30.8 Å². The van der Waals surface area contributed by atoms with E-state index < -0.39 is 0 Å². The highest BCUT2D eigenvalue weighted by molar-refractivity contribution is 5.96. The third-order valence-corrected chi connectivity index (χ3v) is 4.74. The van der Waals surface area contributed by atoms with Crippen molar-refractivity contribution in [3.05, 3.63) is 65.7 Å². The first-order chi connectivity index (χ1) is 13.3. The van der Waals surface area contributed by atoms with Gasteiger partial charge in [-0.15, -0.1) is 0 Å². The number of amides is 2. The van der Waals surface area contributed by atoms with E-state index in [2.05, 4.69) is 33.0 Å². The third-order valence-electron chi connectivity index (χ3n) is 4.74. The lowest BCUT2D eigenvalue weighted by atomic mass is 9.87. The Kier molecular flexibility index (Phi) is 7.80. The zero-order chi connectivity index (χ0) is 20.6. The van der Waals surface area contributed by atoms with Crippen LogP contribution in [0.4, 0.5) is 5.69 Å². The lowest BCUT2D eigenvalue weighted by Crippen LogP contribution is -2.35. The van der Waals surface area contributed by atoms with Crippen LogP contribution in [0.5, 0.6) is 0 Å². The van der Waals surface area contributed by atoms with Crippen LogP contribution in [0.15, 0.2) is 54.6 Å². The molecule has 0 aliphatic heterocycles. The van der Waals surface area contributed by atoms with Crippen molar-refractivity contribution < 1.29 is 9.59 Å². The molecule has 0 heterocycles. The van der Waals surface area contributed by atoms with Crippen LogP contribution in [0.25, 0.3) is 0 Å². The van der Waals surface area contributed by atoms with Gasteiger partial charge in [0.15, 0.2) is 0 Å². The van der Waals surface area contributed by atoms with Crippen molar-refractivity contribution in [2.24, 2.45) is 0 Å².